The SMILES string of the molecule is N#Cc1ccc(NC(=O)Nc2cccc(Cl)c2Cl)c(NS(=O)(=O)c2cccc3cnccc23)c1.N#Cc1ccc(NC(=O)Nc2cccc(Cl)c2Cl)c(NS(=O)(=O)c2cccnc2)c1. The number of anilines is 6. The normalized spacial score (nSPS) is 10.8. The monoisotopic (exact) mass is 972 g/mol. The maximum Gasteiger partial charge on any atom is 0.323 e. The number of hydrogen-bond donors (Lipinski definition) is 6. The molecular weight excluding hydrogens is 946 g/mol. The molecule has 64 heavy (non-hydrogen) atoms. The molecule has 22 heteroatoms. The maximum absolute atomic E-state index is 13.3. The summed E-state index contributed by atoms with van der Waals surface area (Å²) < 4.78 is 56.6. The van der Waals surface area contributed by atoms with Crippen LogP contribution in [0.3, 0.4) is 0 Å². The summed E-state index contributed by atoms with van der Waals surface area (Å²) in [6.45, 7) is 0. The molecule has 5 aromatic carbocycles. The highest BCUT2D eigenvalue weighted by Crippen LogP contribution is 2.33. The summed E-state index contributed by atoms with van der Waals surface area (Å²) in [6.07, 6.45) is 5.67. The average molecular weight is 975 g/mol. The summed E-state index contributed by atoms with van der Waals surface area (Å²) >= 11 is 24.1. The van der Waals surface area contributed by atoms with Gasteiger partial charge in [0.15, 0.2) is 0 Å². The summed E-state index contributed by atoms with van der Waals surface area (Å²) in [5.74, 6) is 0. The number of nitriles is 2. The number of pyridine rings is 2. The van der Waals surface area contributed by atoms with E-state index in [4.69, 9.17) is 51.7 Å². The molecule has 7 aromatic rings. The van der Waals surface area contributed by atoms with Crippen molar-refractivity contribution in [2.75, 3.05) is 30.7 Å². The van der Waals surface area contributed by atoms with Crippen molar-refractivity contribution in [2.24, 2.45) is 0 Å². The van der Waals surface area contributed by atoms with Crippen molar-refractivity contribution in [3.63, 3.8) is 0 Å². The van der Waals surface area contributed by atoms with Gasteiger partial charge in [-0.05, 0) is 84.9 Å². The molecule has 2 aromatic heterocycles. The Morgan fingerprint density at radius 1 is 0.516 bits per heavy atom. The van der Waals surface area contributed by atoms with E-state index < -0.39 is 32.1 Å². The average Bonchev–Trinajstić information content (AvgIpc) is 3.28. The number of urea groups is 2. The van der Waals surface area contributed by atoms with E-state index in [9.17, 15) is 31.7 Å². The number of hydrogen-bond acceptors (Lipinski definition) is 10. The molecule has 0 saturated carbocycles. The summed E-state index contributed by atoms with van der Waals surface area (Å²) in [5.41, 5.74) is 1.20. The van der Waals surface area contributed by atoms with Gasteiger partial charge in [0.1, 0.15) is 4.90 Å². The maximum atomic E-state index is 13.3. The van der Waals surface area contributed by atoms with Gasteiger partial charge in [0.05, 0.1) is 82.4 Å². The number of benzene rings is 5. The smallest absolute Gasteiger partial charge is 0.306 e. The van der Waals surface area contributed by atoms with E-state index in [-0.39, 0.29) is 75.1 Å². The zero-order chi connectivity index (χ0) is 46.0. The zero-order valence-electron chi connectivity index (χ0n) is 32.3. The Hall–Kier alpha value is -7.16. The number of nitrogens with zero attached hydrogens (tertiary/aromatic N) is 4. The summed E-state index contributed by atoms with van der Waals surface area (Å²) in [5, 5.41) is 30.6. The topological polar surface area (TPSA) is 248 Å². The molecule has 0 aliphatic rings. The molecule has 0 radical (unpaired) electrons. The predicted molar refractivity (Wildman–Crippen MR) is 248 cm³/mol. The van der Waals surface area contributed by atoms with Gasteiger partial charge in [-0.3, -0.25) is 19.4 Å². The van der Waals surface area contributed by atoms with E-state index in [2.05, 4.69) is 40.7 Å². The van der Waals surface area contributed by atoms with E-state index >= 15 is 0 Å². The van der Waals surface area contributed by atoms with Crippen LogP contribution in [0.4, 0.5) is 43.7 Å². The molecule has 7 rings (SSSR count). The van der Waals surface area contributed by atoms with Crippen molar-refractivity contribution in [1.29, 1.82) is 10.5 Å². The third kappa shape index (κ3) is 11.4. The molecule has 322 valence electrons. The number of aromatic nitrogens is 2. The lowest BCUT2D eigenvalue weighted by Gasteiger charge is -2.16. The lowest BCUT2D eigenvalue weighted by atomic mass is 10.2. The quantitative estimate of drug-likeness (QED) is 0.0756. The number of sulfonamides is 2. The number of amides is 4. The molecule has 0 atom stereocenters. The summed E-state index contributed by atoms with van der Waals surface area (Å²) in [6, 6.07) is 29.5. The minimum Gasteiger partial charge on any atom is -0.306 e. The highest BCUT2D eigenvalue weighted by atomic mass is 35.5. The van der Waals surface area contributed by atoms with Crippen LogP contribution in [0.25, 0.3) is 10.8 Å². The molecule has 2 heterocycles. The van der Waals surface area contributed by atoms with Crippen LogP contribution in [0.5, 0.6) is 0 Å². The fraction of sp³-hybridized carbons (Fsp3) is 0. The first-order valence-corrected chi connectivity index (χ1v) is 22.5. The van der Waals surface area contributed by atoms with Crippen LogP contribution in [-0.2, 0) is 20.0 Å². The van der Waals surface area contributed by atoms with E-state index in [0.29, 0.717) is 10.8 Å². The molecule has 16 nitrogen and oxygen atoms in total. The molecule has 0 bridgehead atoms. The zero-order valence-corrected chi connectivity index (χ0v) is 36.9. The van der Waals surface area contributed by atoms with Crippen molar-refractivity contribution in [2.45, 2.75) is 9.79 Å². The van der Waals surface area contributed by atoms with Gasteiger partial charge >= 0.3 is 12.1 Å². The fourth-order valence-corrected chi connectivity index (χ4v) is 8.63. The second-order valence-corrected chi connectivity index (χ2v) is 17.8. The minimum absolute atomic E-state index is 0.00486. The van der Waals surface area contributed by atoms with Crippen LogP contribution in [0.15, 0.2) is 144 Å². The Balaban J connectivity index is 0.000000214. The molecule has 0 spiro atoms. The molecule has 0 saturated heterocycles. The van der Waals surface area contributed by atoms with Crippen LogP contribution in [0.2, 0.25) is 20.1 Å². The van der Waals surface area contributed by atoms with Gasteiger partial charge in [0.25, 0.3) is 20.0 Å². The van der Waals surface area contributed by atoms with E-state index in [1.54, 1.807) is 60.8 Å². The van der Waals surface area contributed by atoms with Gasteiger partial charge in [0.2, 0.25) is 0 Å². The van der Waals surface area contributed by atoms with Gasteiger partial charge in [-0.25, -0.2) is 26.4 Å². The van der Waals surface area contributed by atoms with Crippen molar-refractivity contribution >= 4 is 123 Å². The van der Waals surface area contributed by atoms with E-state index in [1.165, 1.54) is 73.2 Å². The van der Waals surface area contributed by atoms with Crippen LogP contribution in [0, 0.1) is 22.7 Å². The third-order valence-electron chi connectivity index (χ3n) is 8.56. The van der Waals surface area contributed by atoms with Crippen molar-refractivity contribution < 1.29 is 26.4 Å². The first kappa shape index (κ1) is 46.3. The third-order valence-corrected chi connectivity index (χ3v) is 13.0. The van der Waals surface area contributed by atoms with Crippen LogP contribution in [-0.4, -0.2) is 38.9 Å². The molecule has 6 N–H and O–H groups in total. The number of nitrogens with one attached hydrogen (secondary N) is 6. The van der Waals surface area contributed by atoms with Crippen molar-refractivity contribution in [3.8, 4) is 12.1 Å². The van der Waals surface area contributed by atoms with Crippen LogP contribution in [0.1, 0.15) is 11.1 Å². The standard InChI is InChI=1S/C23H15Cl2N5O3S.C19H13Cl2N5O3S/c24-17-4-2-5-19(22(17)25)29-23(31)28-18-8-7-14(12-26)11-20(18)30-34(32,33)21-6-1-3-15-13-27-10-9-16(15)21;20-14-4-1-5-16(18(14)21)25-19(27)24-15-7-6-12(10-22)9-17(15)26-30(28,29)13-3-2-8-23-11-13/h1-11,13,30H,(H2,28,29,31);1-9,11,26H,(H2,24,25,27). The highest BCUT2D eigenvalue weighted by Gasteiger charge is 2.21. The first-order valence-electron chi connectivity index (χ1n) is 18.0. The molecular formula is C42H28Cl4N10O6S2. The molecule has 0 aliphatic heterocycles. The Morgan fingerprint density at radius 2 is 1.02 bits per heavy atom. The largest absolute Gasteiger partial charge is 0.323 e. The molecule has 0 fully saturated rings. The van der Waals surface area contributed by atoms with E-state index in [0.717, 1.165) is 0 Å². The molecule has 4 amide bonds. The van der Waals surface area contributed by atoms with Gasteiger partial charge in [-0.1, -0.05) is 70.7 Å². The Bertz CT molecular complexity index is 3240. The fourth-order valence-electron chi connectivity index (χ4n) is 5.60. The van der Waals surface area contributed by atoms with Gasteiger partial charge < -0.3 is 21.3 Å². The van der Waals surface area contributed by atoms with Crippen molar-refractivity contribution in [3.05, 3.63) is 165 Å². The first-order chi connectivity index (χ1) is 30.6. The predicted octanol–water partition coefficient (Wildman–Crippen LogP) is 10.6. The Labute approximate surface area is 385 Å². The summed E-state index contributed by atoms with van der Waals surface area (Å²) in [4.78, 5) is 32.7. The molecule has 0 aliphatic carbocycles. The van der Waals surface area contributed by atoms with Crippen LogP contribution >= 0.6 is 46.4 Å². The Kier molecular flexibility index (Phi) is 14.7. The number of fused-ring (bicyclic) bond motifs is 1. The number of halogens is 4. The second-order valence-electron chi connectivity index (χ2n) is 12.9. The summed E-state index contributed by atoms with van der Waals surface area (Å²) in [7, 11) is -8.09. The Morgan fingerprint density at radius 3 is 1.53 bits per heavy atom. The number of carbonyl (C=O) groups is 2. The van der Waals surface area contributed by atoms with E-state index in [1.807, 2.05) is 12.1 Å². The van der Waals surface area contributed by atoms with Gasteiger partial charge in [0, 0.05) is 35.6 Å². The minimum atomic E-state index is -4.09. The highest BCUT2D eigenvalue weighted by molar-refractivity contribution is 7.93. The second kappa shape index (κ2) is 20.4. The molecule has 0 unspecified atom stereocenters. The number of rotatable bonds is 10. The van der Waals surface area contributed by atoms with Gasteiger partial charge in [-0.2, -0.15) is 10.5 Å². The lowest BCUT2D eigenvalue weighted by molar-refractivity contribution is 0.261. The van der Waals surface area contributed by atoms with Gasteiger partial charge in [-0.15, -0.1) is 0 Å². The van der Waals surface area contributed by atoms with Crippen LogP contribution < -0.4 is 30.7 Å². The number of carbonyl (C=O) groups excluding carboxylic acids is 2. The lowest BCUT2D eigenvalue weighted by Crippen LogP contribution is -2.21. The van der Waals surface area contributed by atoms with Crippen molar-refractivity contribution in [1.82, 2.24) is 9.97 Å².